The molecule has 2 saturated heterocycles. The summed E-state index contributed by atoms with van der Waals surface area (Å²) in [5.41, 5.74) is -1.93. The normalized spacial score (nSPS) is 23.2. The van der Waals surface area contributed by atoms with E-state index in [1.54, 1.807) is 30.3 Å². The second-order valence-electron chi connectivity index (χ2n) is 7.69. The lowest BCUT2D eigenvalue weighted by Gasteiger charge is -2.40. The molecule has 0 aliphatic carbocycles. The summed E-state index contributed by atoms with van der Waals surface area (Å²) in [7, 11) is 0. The summed E-state index contributed by atoms with van der Waals surface area (Å²) in [6.07, 6.45) is -7.61. The van der Waals surface area contributed by atoms with Gasteiger partial charge in [-0.05, 0) is 6.42 Å². The smallest absolute Gasteiger partial charge is 0.341 e. The molecule has 162 valence electrons. The number of hydrogen-bond acceptors (Lipinski definition) is 5. The van der Waals surface area contributed by atoms with Gasteiger partial charge in [0.25, 0.3) is 6.43 Å². The number of carbonyl (C=O) groups is 1. The van der Waals surface area contributed by atoms with Crippen LogP contribution < -0.4 is 0 Å². The summed E-state index contributed by atoms with van der Waals surface area (Å²) >= 11 is 0. The van der Waals surface area contributed by atoms with E-state index in [2.05, 4.69) is 10.1 Å². The van der Waals surface area contributed by atoms with E-state index in [0.29, 0.717) is 5.56 Å². The Kier molecular flexibility index (Phi) is 5.25. The Morgan fingerprint density at radius 2 is 1.93 bits per heavy atom. The fourth-order valence-corrected chi connectivity index (χ4v) is 3.98. The quantitative estimate of drug-likeness (QED) is 0.683. The van der Waals surface area contributed by atoms with Crippen LogP contribution in [0, 0.1) is 5.92 Å². The lowest BCUT2D eigenvalue weighted by molar-refractivity contribution is -0.194. The topological polar surface area (TPSA) is 62.5 Å². The summed E-state index contributed by atoms with van der Waals surface area (Å²) in [5.74, 6) is -1.57. The highest BCUT2D eigenvalue weighted by molar-refractivity contribution is 5.80. The van der Waals surface area contributed by atoms with Gasteiger partial charge >= 0.3 is 6.18 Å². The minimum absolute atomic E-state index is 0.0423. The first-order valence-electron chi connectivity index (χ1n) is 9.45. The van der Waals surface area contributed by atoms with Crippen molar-refractivity contribution >= 4 is 5.91 Å². The van der Waals surface area contributed by atoms with E-state index in [1.165, 1.54) is 4.90 Å². The lowest BCUT2D eigenvalue weighted by atomic mass is 9.86. The third kappa shape index (κ3) is 3.66. The van der Waals surface area contributed by atoms with Crippen LogP contribution in [-0.2, 0) is 10.2 Å². The molecule has 0 N–H and O–H groups in total. The molecule has 2 aromatic rings. The Morgan fingerprint density at radius 1 is 1.23 bits per heavy atom. The maximum Gasteiger partial charge on any atom is 0.405 e. The predicted molar refractivity (Wildman–Crippen MR) is 94.6 cm³/mol. The van der Waals surface area contributed by atoms with E-state index in [1.807, 2.05) is 0 Å². The van der Waals surface area contributed by atoms with Crippen LogP contribution >= 0.6 is 0 Å². The Morgan fingerprint density at radius 3 is 2.57 bits per heavy atom. The molecular formula is C19H19F5N4O2. The molecule has 11 heteroatoms. The van der Waals surface area contributed by atoms with Gasteiger partial charge < -0.3 is 9.42 Å². The van der Waals surface area contributed by atoms with Gasteiger partial charge in [-0.2, -0.15) is 18.2 Å². The molecule has 1 aromatic carbocycles. The van der Waals surface area contributed by atoms with Crippen LogP contribution in [0.2, 0.25) is 0 Å². The van der Waals surface area contributed by atoms with Gasteiger partial charge in [-0.25, -0.2) is 8.78 Å². The van der Waals surface area contributed by atoms with Gasteiger partial charge in [0, 0.05) is 31.7 Å². The number of alkyl halides is 5. The van der Waals surface area contributed by atoms with Crippen molar-refractivity contribution in [2.24, 2.45) is 5.92 Å². The van der Waals surface area contributed by atoms with E-state index in [0.717, 1.165) is 4.90 Å². The number of nitrogens with zero attached hydrogens (tertiary/aromatic N) is 4. The predicted octanol–water partition coefficient (Wildman–Crippen LogP) is 2.97. The first kappa shape index (κ1) is 20.7. The average molecular weight is 430 g/mol. The van der Waals surface area contributed by atoms with Crippen molar-refractivity contribution in [3.63, 3.8) is 0 Å². The number of halogens is 5. The first-order chi connectivity index (χ1) is 14.2. The molecule has 1 unspecified atom stereocenters. The van der Waals surface area contributed by atoms with Crippen LogP contribution in [-0.4, -0.2) is 71.2 Å². The zero-order valence-corrected chi connectivity index (χ0v) is 15.8. The van der Waals surface area contributed by atoms with E-state index >= 15 is 0 Å². The molecule has 30 heavy (non-hydrogen) atoms. The van der Waals surface area contributed by atoms with Crippen LogP contribution in [0.15, 0.2) is 34.9 Å². The lowest BCUT2D eigenvalue weighted by Crippen LogP contribution is -2.56. The number of likely N-dealkylation sites (tertiary alicyclic amines) is 2. The number of aromatic nitrogens is 2. The van der Waals surface area contributed by atoms with Gasteiger partial charge in [-0.15, -0.1) is 0 Å². The maximum atomic E-state index is 14.1. The first-order valence-corrected chi connectivity index (χ1v) is 9.45. The summed E-state index contributed by atoms with van der Waals surface area (Å²) in [6.45, 7) is -0.945. The van der Waals surface area contributed by atoms with E-state index < -0.39 is 55.2 Å². The van der Waals surface area contributed by atoms with Crippen LogP contribution in [0.3, 0.4) is 0 Å². The largest absolute Gasteiger partial charge is 0.405 e. The number of carbonyl (C=O) groups excluding carboxylic acids is 1. The highest BCUT2D eigenvalue weighted by atomic mass is 19.4. The summed E-state index contributed by atoms with van der Waals surface area (Å²) in [6, 6.07) is 8.47. The number of amides is 1. The van der Waals surface area contributed by atoms with Gasteiger partial charge in [0.1, 0.15) is 0 Å². The highest BCUT2D eigenvalue weighted by Crippen LogP contribution is 2.47. The fourth-order valence-electron chi connectivity index (χ4n) is 3.98. The maximum absolute atomic E-state index is 14.1. The molecule has 0 bridgehead atoms. The van der Waals surface area contributed by atoms with E-state index in [-0.39, 0.29) is 25.5 Å². The van der Waals surface area contributed by atoms with Gasteiger partial charge in [-0.3, -0.25) is 9.69 Å². The molecule has 0 spiro atoms. The average Bonchev–Trinajstić information content (AvgIpc) is 3.32. The third-order valence-electron chi connectivity index (χ3n) is 5.69. The molecule has 3 heterocycles. The number of hydrogen-bond donors (Lipinski definition) is 0. The molecule has 4 rings (SSSR count). The zero-order valence-electron chi connectivity index (χ0n) is 15.8. The Hall–Kier alpha value is -2.56. The van der Waals surface area contributed by atoms with Gasteiger partial charge in [0.15, 0.2) is 5.41 Å². The molecule has 6 nitrogen and oxygen atoms in total. The number of rotatable bonds is 5. The molecule has 0 saturated carbocycles. The molecular weight excluding hydrogens is 411 g/mol. The second kappa shape index (κ2) is 7.60. The van der Waals surface area contributed by atoms with Crippen LogP contribution in [0.25, 0.3) is 11.4 Å². The van der Waals surface area contributed by atoms with Gasteiger partial charge in [0.2, 0.25) is 17.6 Å². The van der Waals surface area contributed by atoms with E-state index in [4.69, 9.17) is 4.52 Å². The number of benzene rings is 1. The van der Waals surface area contributed by atoms with Crippen molar-refractivity contribution in [1.82, 2.24) is 19.9 Å². The van der Waals surface area contributed by atoms with Crippen molar-refractivity contribution in [1.29, 1.82) is 0 Å². The van der Waals surface area contributed by atoms with Crippen molar-refractivity contribution < 1.29 is 31.3 Å². The molecule has 1 aromatic heterocycles. The van der Waals surface area contributed by atoms with Crippen molar-refractivity contribution in [2.45, 2.75) is 24.4 Å². The van der Waals surface area contributed by atoms with Gasteiger partial charge in [-0.1, -0.05) is 35.5 Å². The molecule has 1 atom stereocenters. The second-order valence-corrected chi connectivity index (χ2v) is 7.69. The molecule has 1 amide bonds. The van der Waals surface area contributed by atoms with Crippen molar-refractivity contribution in [2.75, 3.05) is 32.7 Å². The molecule has 2 aliphatic heterocycles. The molecule has 2 aliphatic rings. The summed E-state index contributed by atoms with van der Waals surface area (Å²) in [5, 5.41) is 3.69. The Labute approximate surface area is 168 Å². The summed E-state index contributed by atoms with van der Waals surface area (Å²) in [4.78, 5) is 19.1. The van der Waals surface area contributed by atoms with Gasteiger partial charge in [0.05, 0.1) is 12.5 Å². The van der Waals surface area contributed by atoms with E-state index in [9.17, 15) is 26.7 Å². The van der Waals surface area contributed by atoms with Crippen molar-refractivity contribution in [3.8, 4) is 11.4 Å². The molecule has 0 radical (unpaired) electrons. The SMILES string of the molecule is O=C(C1CN(CC(F)F)C1)N1CCC(c2nc(-c3ccccc3)no2)(C(F)(F)F)C1. The Balaban J connectivity index is 1.51. The third-order valence-corrected chi connectivity index (χ3v) is 5.69. The highest BCUT2D eigenvalue weighted by Gasteiger charge is 2.63. The Bertz CT molecular complexity index is 898. The standard InChI is InChI=1S/C19H19F5N4O2/c20-14(21)10-27-8-13(9-27)16(29)28-7-6-18(11-28,19(22,23)24)17-25-15(26-30-17)12-4-2-1-3-5-12/h1-5,13-14H,6-11H2. The van der Waals surface area contributed by atoms with Crippen LogP contribution in [0.5, 0.6) is 0 Å². The van der Waals surface area contributed by atoms with Crippen LogP contribution in [0.1, 0.15) is 12.3 Å². The minimum atomic E-state index is -4.70. The molecule has 2 fully saturated rings. The zero-order chi connectivity index (χ0) is 21.5. The fraction of sp³-hybridized carbons (Fsp3) is 0.526. The monoisotopic (exact) mass is 430 g/mol. The minimum Gasteiger partial charge on any atom is -0.341 e. The van der Waals surface area contributed by atoms with Crippen LogP contribution in [0.4, 0.5) is 22.0 Å². The summed E-state index contributed by atoms with van der Waals surface area (Å²) < 4.78 is 72.1. The van der Waals surface area contributed by atoms with Crippen molar-refractivity contribution in [3.05, 3.63) is 36.2 Å².